The number of nitrogens with one attached hydrogen (secondary N) is 1. The third-order valence-corrected chi connectivity index (χ3v) is 3.66. The van der Waals surface area contributed by atoms with Crippen molar-refractivity contribution in [3.05, 3.63) is 35.1 Å². The highest BCUT2D eigenvalue weighted by Crippen LogP contribution is 2.30. The zero-order valence-electron chi connectivity index (χ0n) is 12.3. The van der Waals surface area contributed by atoms with Crippen LogP contribution in [-0.4, -0.2) is 18.0 Å². The maximum atomic E-state index is 13.6. The second-order valence-corrected chi connectivity index (χ2v) is 4.84. The summed E-state index contributed by atoms with van der Waals surface area (Å²) in [4.78, 5) is 12.1. The zero-order chi connectivity index (χ0) is 16.3. The van der Waals surface area contributed by atoms with E-state index in [0.29, 0.717) is 31.0 Å². The molecule has 0 bridgehead atoms. The van der Waals surface area contributed by atoms with Crippen LogP contribution in [0.5, 0.6) is 0 Å². The maximum absolute atomic E-state index is 13.6. The second kappa shape index (κ2) is 7.78. The standard InChI is InChI=1S/C14H18F4N2O.ClH/c1-3-13(4-2,8-19)20-12(21)10-7-9(14(16,17)18)5-6-11(10)15;/h5-7H,3-4,8,19H2,1-2H3,(H,20,21);1H. The van der Waals surface area contributed by atoms with Crippen LogP contribution in [0.25, 0.3) is 0 Å². The largest absolute Gasteiger partial charge is 0.416 e. The van der Waals surface area contributed by atoms with Crippen LogP contribution in [0.3, 0.4) is 0 Å². The number of hydrogen-bond acceptors (Lipinski definition) is 2. The molecule has 1 amide bonds. The monoisotopic (exact) mass is 342 g/mol. The molecule has 0 saturated carbocycles. The lowest BCUT2D eigenvalue weighted by Gasteiger charge is -2.31. The first-order valence-electron chi connectivity index (χ1n) is 6.58. The molecule has 1 rings (SSSR count). The molecule has 0 atom stereocenters. The van der Waals surface area contributed by atoms with Gasteiger partial charge >= 0.3 is 6.18 Å². The summed E-state index contributed by atoms with van der Waals surface area (Å²) in [7, 11) is 0. The van der Waals surface area contributed by atoms with Gasteiger partial charge in [-0.05, 0) is 31.0 Å². The highest BCUT2D eigenvalue weighted by Gasteiger charge is 2.33. The van der Waals surface area contributed by atoms with Gasteiger partial charge in [0.1, 0.15) is 5.82 Å². The Balaban J connectivity index is 0.00000441. The van der Waals surface area contributed by atoms with Crippen LogP contribution in [0.15, 0.2) is 18.2 Å². The van der Waals surface area contributed by atoms with E-state index in [1.165, 1.54) is 0 Å². The Morgan fingerprint density at radius 3 is 2.18 bits per heavy atom. The quantitative estimate of drug-likeness (QED) is 0.804. The number of carbonyl (C=O) groups is 1. The molecule has 0 aromatic heterocycles. The molecule has 3 N–H and O–H groups in total. The van der Waals surface area contributed by atoms with Crippen LogP contribution in [0.1, 0.15) is 42.6 Å². The van der Waals surface area contributed by atoms with Gasteiger partial charge in [0.15, 0.2) is 0 Å². The molecule has 0 aliphatic rings. The average molecular weight is 343 g/mol. The van der Waals surface area contributed by atoms with E-state index in [1.54, 1.807) is 13.8 Å². The van der Waals surface area contributed by atoms with E-state index in [-0.39, 0.29) is 19.0 Å². The molecule has 0 spiro atoms. The average Bonchev–Trinajstić information content (AvgIpc) is 2.44. The van der Waals surface area contributed by atoms with Crippen molar-refractivity contribution >= 4 is 18.3 Å². The molecule has 0 heterocycles. The van der Waals surface area contributed by atoms with Crippen LogP contribution >= 0.6 is 12.4 Å². The summed E-state index contributed by atoms with van der Waals surface area (Å²) in [6.45, 7) is 3.70. The molecule has 0 aliphatic heterocycles. The van der Waals surface area contributed by atoms with Crippen molar-refractivity contribution in [2.24, 2.45) is 5.73 Å². The molecule has 0 fully saturated rings. The van der Waals surface area contributed by atoms with Gasteiger partial charge in [0, 0.05) is 6.54 Å². The number of hydrogen-bond donors (Lipinski definition) is 2. The smallest absolute Gasteiger partial charge is 0.345 e. The van der Waals surface area contributed by atoms with E-state index < -0.39 is 34.6 Å². The van der Waals surface area contributed by atoms with E-state index in [1.807, 2.05) is 0 Å². The molecule has 1 aromatic rings. The summed E-state index contributed by atoms with van der Waals surface area (Å²) >= 11 is 0. The SMILES string of the molecule is CCC(CC)(CN)NC(=O)c1cc(C(F)(F)F)ccc1F.Cl. The van der Waals surface area contributed by atoms with Gasteiger partial charge in [-0.2, -0.15) is 13.2 Å². The highest BCUT2D eigenvalue weighted by molar-refractivity contribution is 5.95. The zero-order valence-corrected chi connectivity index (χ0v) is 13.1. The number of nitrogens with two attached hydrogens (primary N) is 1. The minimum atomic E-state index is -4.64. The predicted molar refractivity (Wildman–Crippen MR) is 78.5 cm³/mol. The molecular formula is C14H19ClF4N2O. The third-order valence-electron chi connectivity index (χ3n) is 3.66. The topological polar surface area (TPSA) is 55.1 Å². The summed E-state index contributed by atoms with van der Waals surface area (Å²) in [5.41, 5.74) is 3.15. The first kappa shape index (κ1) is 20.7. The van der Waals surface area contributed by atoms with E-state index in [0.717, 1.165) is 0 Å². The Bertz CT molecular complexity index is 508. The van der Waals surface area contributed by atoms with Gasteiger partial charge in [0.2, 0.25) is 0 Å². The van der Waals surface area contributed by atoms with Crippen molar-refractivity contribution in [3.8, 4) is 0 Å². The van der Waals surface area contributed by atoms with E-state index in [4.69, 9.17) is 5.73 Å². The summed E-state index contributed by atoms with van der Waals surface area (Å²) in [5.74, 6) is -1.90. The van der Waals surface area contributed by atoms with Crippen LogP contribution in [0.4, 0.5) is 17.6 Å². The van der Waals surface area contributed by atoms with Crippen LogP contribution in [0, 0.1) is 5.82 Å². The maximum Gasteiger partial charge on any atom is 0.416 e. The van der Waals surface area contributed by atoms with Crippen LogP contribution < -0.4 is 11.1 Å². The third kappa shape index (κ3) is 4.58. The molecule has 0 saturated heterocycles. The van der Waals surface area contributed by atoms with E-state index >= 15 is 0 Å². The van der Waals surface area contributed by atoms with Gasteiger partial charge in [-0.1, -0.05) is 13.8 Å². The number of benzene rings is 1. The Labute approximate surface area is 132 Å². The Kier molecular flexibility index (Phi) is 7.31. The molecule has 0 unspecified atom stereocenters. The molecular weight excluding hydrogens is 324 g/mol. The van der Waals surface area contributed by atoms with Crippen molar-refractivity contribution in [2.45, 2.75) is 38.4 Å². The molecule has 3 nitrogen and oxygen atoms in total. The fraction of sp³-hybridized carbons (Fsp3) is 0.500. The summed E-state index contributed by atoms with van der Waals surface area (Å²) in [6.07, 6.45) is -3.65. The van der Waals surface area contributed by atoms with Crippen molar-refractivity contribution in [1.82, 2.24) is 5.32 Å². The van der Waals surface area contributed by atoms with Crippen molar-refractivity contribution in [3.63, 3.8) is 0 Å². The van der Waals surface area contributed by atoms with E-state index in [9.17, 15) is 22.4 Å². The van der Waals surface area contributed by atoms with Crippen LogP contribution in [0.2, 0.25) is 0 Å². The van der Waals surface area contributed by atoms with Crippen molar-refractivity contribution in [1.29, 1.82) is 0 Å². The number of alkyl halides is 3. The highest BCUT2D eigenvalue weighted by atomic mass is 35.5. The molecule has 8 heteroatoms. The van der Waals surface area contributed by atoms with Gasteiger partial charge in [0.05, 0.1) is 16.7 Å². The minimum absolute atomic E-state index is 0. The lowest BCUT2D eigenvalue weighted by Crippen LogP contribution is -2.53. The lowest BCUT2D eigenvalue weighted by molar-refractivity contribution is -0.137. The van der Waals surface area contributed by atoms with Gasteiger partial charge in [-0.25, -0.2) is 4.39 Å². The predicted octanol–water partition coefficient (Wildman–Crippen LogP) is 3.51. The number of halogens is 5. The molecule has 1 aromatic carbocycles. The molecule has 0 aliphatic carbocycles. The minimum Gasteiger partial charge on any atom is -0.345 e. The first-order valence-corrected chi connectivity index (χ1v) is 6.58. The van der Waals surface area contributed by atoms with Crippen LogP contribution in [-0.2, 0) is 6.18 Å². The normalized spacial score (nSPS) is 11.8. The van der Waals surface area contributed by atoms with Crippen molar-refractivity contribution < 1.29 is 22.4 Å². The van der Waals surface area contributed by atoms with Crippen molar-refractivity contribution in [2.75, 3.05) is 6.54 Å². The van der Waals surface area contributed by atoms with Gasteiger partial charge < -0.3 is 11.1 Å². The summed E-state index contributed by atoms with van der Waals surface area (Å²) in [5, 5.41) is 2.54. The number of rotatable bonds is 5. The first-order chi connectivity index (χ1) is 9.69. The molecule has 0 radical (unpaired) electrons. The second-order valence-electron chi connectivity index (χ2n) is 4.84. The van der Waals surface area contributed by atoms with E-state index in [2.05, 4.69) is 5.32 Å². The molecule has 22 heavy (non-hydrogen) atoms. The number of carbonyl (C=O) groups excluding carboxylic acids is 1. The molecule has 126 valence electrons. The Morgan fingerprint density at radius 1 is 1.23 bits per heavy atom. The van der Waals surface area contributed by atoms with Gasteiger partial charge in [0.25, 0.3) is 5.91 Å². The Hall–Kier alpha value is -1.34. The van der Waals surface area contributed by atoms with Gasteiger partial charge in [-0.15, -0.1) is 12.4 Å². The van der Waals surface area contributed by atoms with Gasteiger partial charge in [-0.3, -0.25) is 4.79 Å². The summed E-state index contributed by atoms with van der Waals surface area (Å²) < 4.78 is 51.5. The summed E-state index contributed by atoms with van der Waals surface area (Å²) in [6, 6.07) is 1.75. The fourth-order valence-electron chi connectivity index (χ4n) is 1.95. The fourth-order valence-corrected chi connectivity index (χ4v) is 1.95. The lowest BCUT2D eigenvalue weighted by atomic mass is 9.92. The Morgan fingerprint density at radius 2 is 1.77 bits per heavy atom. The number of amides is 1.